The summed E-state index contributed by atoms with van der Waals surface area (Å²) in [6.45, 7) is 0. The number of ether oxygens (including phenoxy) is 1. The molecule has 1 atom stereocenters. The summed E-state index contributed by atoms with van der Waals surface area (Å²) in [6.07, 6.45) is 1.62. The highest BCUT2D eigenvalue weighted by atomic mass is 79.9. The minimum absolute atomic E-state index is 0.0737. The molecule has 0 aliphatic rings. The van der Waals surface area contributed by atoms with Crippen LogP contribution in [0.2, 0.25) is 0 Å². The zero-order valence-electron chi connectivity index (χ0n) is 11.0. The Hall–Kier alpha value is -1.53. The van der Waals surface area contributed by atoms with Crippen LogP contribution in [0.25, 0.3) is 0 Å². The van der Waals surface area contributed by atoms with Crippen LogP contribution in [0.5, 0.6) is 5.75 Å². The summed E-state index contributed by atoms with van der Waals surface area (Å²) >= 11 is 3.09. The molecule has 0 saturated carbocycles. The van der Waals surface area contributed by atoms with Crippen LogP contribution in [0.3, 0.4) is 0 Å². The maximum Gasteiger partial charge on any atom is 0.173 e. The summed E-state index contributed by atoms with van der Waals surface area (Å²) in [5, 5.41) is 3.04. The Morgan fingerprint density at radius 3 is 2.70 bits per heavy atom. The molecule has 2 rings (SSSR count). The molecule has 0 fully saturated rings. The van der Waals surface area contributed by atoms with Gasteiger partial charge in [0.2, 0.25) is 0 Å². The molecule has 106 valence electrons. The van der Waals surface area contributed by atoms with Crippen molar-refractivity contribution in [3.05, 3.63) is 57.8 Å². The van der Waals surface area contributed by atoms with Crippen LogP contribution in [-0.2, 0) is 0 Å². The smallest absolute Gasteiger partial charge is 0.173 e. The number of methoxy groups -OCH3 is 1. The molecule has 0 bridgehead atoms. The van der Waals surface area contributed by atoms with E-state index in [2.05, 4.69) is 26.2 Å². The van der Waals surface area contributed by atoms with Crippen molar-refractivity contribution < 1.29 is 13.5 Å². The Kier molecular flexibility index (Phi) is 4.67. The Morgan fingerprint density at radius 2 is 2.05 bits per heavy atom. The molecule has 0 saturated heterocycles. The fourth-order valence-electron chi connectivity index (χ4n) is 2.00. The summed E-state index contributed by atoms with van der Waals surface area (Å²) in [5.74, 6) is -1.25. The van der Waals surface area contributed by atoms with Gasteiger partial charge >= 0.3 is 0 Å². The van der Waals surface area contributed by atoms with Crippen molar-refractivity contribution >= 4 is 15.9 Å². The zero-order valence-corrected chi connectivity index (χ0v) is 12.5. The summed E-state index contributed by atoms with van der Waals surface area (Å²) in [6, 6.07) is 5.69. The molecule has 3 nitrogen and oxygen atoms in total. The number of rotatable bonds is 4. The van der Waals surface area contributed by atoms with Crippen LogP contribution < -0.4 is 10.1 Å². The lowest BCUT2D eigenvalue weighted by Crippen LogP contribution is -2.20. The van der Waals surface area contributed by atoms with E-state index in [0.717, 1.165) is 6.07 Å². The molecule has 2 aromatic rings. The molecule has 1 heterocycles. The van der Waals surface area contributed by atoms with Gasteiger partial charge < -0.3 is 10.1 Å². The fraction of sp³-hybridized carbons (Fsp3) is 0.214. The monoisotopic (exact) mass is 342 g/mol. The Morgan fingerprint density at radius 1 is 1.30 bits per heavy atom. The third-order valence-corrected chi connectivity index (χ3v) is 3.76. The second-order valence-corrected chi connectivity index (χ2v) is 4.87. The molecule has 1 aromatic carbocycles. The minimum atomic E-state index is -0.919. The van der Waals surface area contributed by atoms with Gasteiger partial charge in [-0.2, -0.15) is 0 Å². The second kappa shape index (κ2) is 6.28. The predicted molar refractivity (Wildman–Crippen MR) is 75.7 cm³/mol. The molecule has 0 amide bonds. The van der Waals surface area contributed by atoms with Gasteiger partial charge in [-0.05, 0) is 46.7 Å². The standard InChI is InChI=1S/C14H13BrF2N2O/c1-18-13(14-10(20-2)4-3-7-19-14)8-5-6-9(16)12(17)11(8)15/h3-7,13,18H,1-2H3. The topological polar surface area (TPSA) is 34.2 Å². The first-order chi connectivity index (χ1) is 9.60. The van der Waals surface area contributed by atoms with Crippen LogP contribution in [0.1, 0.15) is 17.3 Å². The molecule has 0 spiro atoms. The molecule has 6 heteroatoms. The number of pyridine rings is 1. The first-order valence-corrected chi connectivity index (χ1v) is 6.69. The van der Waals surface area contributed by atoms with Gasteiger partial charge in [0, 0.05) is 6.20 Å². The molecular formula is C14H13BrF2N2O. The number of benzene rings is 1. The van der Waals surface area contributed by atoms with Crippen molar-refractivity contribution in [1.29, 1.82) is 0 Å². The van der Waals surface area contributed by atoms with Gasteiger partial charge in [0.1, 0.15) is 11.4 Å². The SMILES string of the molecule is CNC(c1ccc(F)c(F)c1Br)c1ncccc1OC. The van der Waals surface area contributed by atoms with E-state index in [1.165, 1.54) is 13.2 Å². The van der Waals surface area contributed by atoms with Crippen molar-refractivity contribution in [2.75, 3.05) is 14.2 Å². The first-order valence-electron chi connectivity index (χ1n) is 5.89. The van der Waals surface area contributed by atoms with Gasteiger partial charge in [-0.15, -0.1) is 0 Å². The van der Waals surface area contributed by atoms with Gasteiger partial charge in [0.05, 0.1) is 17.6 Å². The first kappa shape index (κ1) is 14.9. The molecule has 1 aromatic heterocycles. The molecule has 20 heavy (non-hydrogen) atoms. The molecule has 1 N–H and O–H groups in total. The highest BCUT2D eigenvalue weighted by Gasteiger charge is 2.23. The third-order valence-electron chi connectivity index (χ3n) is 2.96. The van der Waals surface area contributed by atoms with Crippen molar-refractivity contribution in [1.82, 2.24) is 10.3 Å². The lowest BCUT2D eigenvalue weighted by Gasteiger charge is -2.20. The van der Waals surface area contributed by atoms with Gasteiger partial charge in [-0.3, -0.25) is 4.98 Å². The maximum atomic E-state index is 13.7. The lowest BCUT2D eigenvalue weighted by atomic mass is 10.0. The van der Waals surface area contributed by atoms with Gasteiger partial charge in [-0.1, -0.05) is 6.07 Å². The van der Waals surface area contributed by atoms with Crippen molar-refractivity contribution in [2.24, 2.45) is 0 Å². The number of halogens is 3. The van der Waals surface area contributed by atoms with E-state index < -0.39 is 17.7 Å². The number of nitrogens with zero attached hydrogens (tertiary/aromatic N) is 1. The Balaban J connectivity index is 2.56. The zero-order chi connectivity index (χ0) is 14.7. The summed E-state index contributed by atoms with van der Waals surface area (Å²) in [7, 11) is 3.25. The van der Waals surface area contributed by atoms with Crippen LogP contribution in [-0.4, -0.2) is 19.1 Å². The van der Waals surface area contributed by atoms with E-state index in [1.807, 2.05) is 0 Å². The average Bonchev–Trinajstić information content (AvgIpc) is 2.48. The maximum absolute atomic E-state index is 13.7. The second-order valence-electron chi connectivity index (χ2n) is 4.08. The molecule has 0 radical (unpaired) electrons. The molecule has 0 aliphatic carbocycles. The van der Waals surface area contributed by atoms with Crippen molar-refractivity contribution in [3.8, 4) is 5.75 Å². The number of hydrogen-bond donors (Lipinski definition) is 1. The van der Waals surface area contributed by atoms with E-state index in [9.17, 15) is 8.78 Å². The van der Waals surface area contributed by atoms with Crippen LogP contribution in [0, 0.1) is 11.6 Å². The Bertz CT molecular complexity index is 622. The number of nitrogens with one attached hydrogen (secondary N) is 1. The van der Waals surface area contributed by atoms with E-state index in [1.54, 1.807) is 25.4 Å². The van der Waals surface area contributed by atoms with Crippen molar-refractivity contribution in [2.45, 2.75) is 6.04 Å². The van der Waals surface area contributed by atoms with Crippen LogP contribution in [0.4, 0.5) is 8.78 Å². The molecule has 0 aliphatic heterocycles. The molecular weight excluding hydrogens is 330 g/mol. The lowest BCUT2D eigenvalue weighted by molar-refractivity contribution is 0.401. The largest absolute Gasteiger partial charge is 0.495 e. The number of hydrogen-bond acceptors (Lipinski definition) is 3. The van der Waals surface area contributed by atoms with Gasteiger partial charge in [-0.25, -0.2) is 8.78 Å². The van der Waals surface area contributed by atoms with E-state index in [-0.39, 0.29) is 4.47 Å². The third kappa shape index (κ3) is 2.66. The fourth-order valence-corrected chi connectivity index (χ4v) is 2.55. The molecule has 1 unspecified atom stereocenters. The van der Waals surface area contributed by atoms with Gasteiger partial charge in [0.25, 0.3) is 0 Å². The van der Waals surface area contributed by atoms with Crippen LogP contribution in [0.15, 0.2) is 34.9 Å². The normalized spacial score (nSPS) is 12.2. The number of aromatic nitrogens is 1. The Labute approximate surface area is 124 Å². The average molecular weight is 343 g/mol. The van der Waals surface area contributed by atoms with E-state index in [4.69, 9.17) is 4.74 Å². The summed E-state index contributed by atoms with van der Waals surface area (Å²) < 4.78 is 32.2. The highest BCUT2D eigenvalue weighted by molar-refractivity contribution is 9.10. The van der Waals surface area contributed by atoms with Gasteiger partial charge in [0.15, 0.2) is 11.6 Å². The van der Waals surface area contributed by atoms with Crippen molar-refractivity contribution in [3.63, 3.8) is 0 Å². The summed E-state index contributed by atoms with van der Waals surface area (Å²) in [4.78, 5) is 4.27. The quantitative estimate of drug-likeness (QED) is 0.864. The minimum Gasteiger partial charge on any atom is -0.495 e. The van der Waals surface area contributed by atoms with E-state index >= 15 is 0 Å². The van der Waals surface area contributed by atoms with Crippen LogP contribution >= 0.6 is 15.9 Å². The highest BCUT2D eigenvalue weighted by Crippen LogP contribution is 2.33. The van der Waals surface area contributed by atoms with E-state index in [0.29, 0.717) is 17.0 Å². The predicted octanol–water partition coefficient (Wildman–Crippen LogP) is 3.44. The summed E-state index contributed by atoms with van der Waals surface area (Å²) in [5.41, 5.74) is 1.15.